The van der Waals surface area contributed by atoms with Gasteiger partial charge in [0.05, 0.1) is 23.4 Å². The summed E-state index contributed by atoms with van der Waals surface area (Å²) in [6.07, 6.45) is 3.43. The molecule has 2 saturated heterocycles. The number of nitrogens with one attached hydrogen (secondary N) is 1. The van der Waals surface area contributed by atoms with Gasteiger partial charge >= 0.3 is 0 Å². The topological polar surface area (TPSA) is 70.8 Å². The summed E-state index contributed by atoms with van der Waals surface area (Å²) in [4.78, 5) is 12.6. The number of carbonyl (C=O) groups is 1. The smallest absolute Gasteiger partial charge is 0.255 e. The second-order valence-corrected chi connectivity index (χ2v) is 6.51. The number of anilines is 1. The third kappa shape index (κ3) is 3.54. The number of nitrogens with two attached hydrogens (primary N) is 1. The molecule has 0 aromatic heterocycles. The molecule has 3 rings (SSSR count). The molecule has 0 bridgehead atoms. The van der Waals surface area contributed by atoms with E-state index in [0.29, 0.717) is 22.0 Å². The minimum Gasteiger partial charge on any atom is -0.496 e. The highest BCUT2D eigenvalue weighted by molar-refractivity contribution is 6.33. The second kappa shape index (κ2) is 6.95. The lowest BCUT2D eigenvalue weighted by molar-refractivity contribution is -0.0811. The van der Waals surface area contributed by atoms with Crippen LogP contribution >= 0.6 is 11.6 Å². The highest BCUT2D eigenvalue weighted by Gasteiger charge is 2.29. The quantitative estimate of drug-likeness (QED) is 0.822. The van der Waals surface area contributed by atoms with E-state index in [-0.39, 0.29) is 11.9 Å². The summed E-state index contributed by atoms with van der Waals surface area (Å²) < 4.78 is 5.26. The minimum atomic E-state index is -0.167. The standard InChI is InChI=1S/C16H23ClN4O2/c1-23-15-9-14(18)13(17)8-12(15)16(22)19-11-4-7-20-5-2-3-6-21(20)10-11/h8-9,11H,2-7,10,18H2,1H3,(H,19,22). The lowest BCUT2D eigenvalue weighted by atomic mass is 10.1. The molecule has 3 N–H and O–H groups in total. The Morgan fingerprint density at radius 1 is 1.30 bits per heavy atom. The first kappa shape index (κ1) is 16.4. The maximum atomic E-state index is 12.6. The van der Waals surface area contributed by atoms with E-state index in [1.807, 2.05) is 0 Å². The summed E-state index contributed by atoms with van der Waals surface area (Å²) in [7, 11) is 1.52. The Bertz CT molecular complexity index is 596. The van der Waals surface area contributed by atoms with Crippen LogP contribution < -0.4 is 15.8 Å². The third-order valence-corrected chi connectivity index (χ3v) is 4.88. The van der Waals surface area contributed by atoms with E-state index in [1.165, 1.54) is 20.0 Å². The maximum absolute atomic E-state index is 12.6. The molecule has 2 aliphatic heterocycles. The van der Waals surface area contributed by atoms with Gasteiger partial charge in [0.25, 0.3) is 5.91 Å². The van der Waals surface area contributed by atoms with Crippen molar-refractivity contribution in [3.8, 4) is 5.75 Å². The number of methoxy groups -OCH3 is 1. The Morgan fingerprint density at radius 2 is 2.04 bits per heavy atom. The van der Waals surface area contributed by atoms with Crippen molar-refractivity contribution in [2.75, 3.05) is 39.0 Å². The highest BCUT2D eigenvalue weighted by Crippen LogP contribution is 2.29. The second-order valence-electron chi connectivity index (χ2n) is 6.11. The van der Waals surface area contributed by atoms with Gasteiger partial charge in [-0.2, -0.15) is 0 Å². The van der Waals surface area contributed by atoms with Crippen molar-refractivity contribution in [3.05, 3.63) is 22.7 Å². The number of hydrazine groups is 1. The SMILES string of the molecule is COc1cc(N)c(Cl)cc1C(=O)NC1CCN2CCCCN2C1. The molecular formula is C16H23ClN4O2. The largest absolute Gasteiger partial charge is 0.496 e. The van der Waals surface area contributed by atoms with Crippen molar-refractivity contribution in [3.63, 3.8) is 0 Å². The van der Waals surface area contributed by atoms with Crippen LogP contribution in [0.3, 0.4) is 0 Å². The van der Waals surface area contributed by atoms with Gasteiger partial charge in [-0.05, 0) is 25.3 Å². The molecule has 23 heavy (non-hydrogen) atoms. The Labute approximate surface area is 141 Å². The lowest BCUT2D eigenvalue weighted by Crippen LogP contribution is -2.58. The summed E-state index contributed by atoms with van der Waals surface area (Å²) in [5, 5.41) is 8.21. The number of nitrogen functional groups attached to an aromatic ring is 1. The predicted octanol–water partition coefficient (Wildman–Crippen LogP) is 1.75. The van der Waals surface area contributed by atoms with Gasteiger partial charge < -0.3 is 15.8 Å². The monoisotopic (exact) mass is 338 g/mol. The first-order valence-electron chi connectivity index (χ1n) is 8.02. The average molecular weight is 339 g/mol. The Morgan fingerprint density at radius 3 is 2.78 bits per heavy atom. The fraction of sp³-hybridized carbons (Fsp3) is 0.562. The molecule has 0 spiro atoms. The Hall–Kier alpha value is -1.50. The normalized spacial score (nSPS) is 22.4. The van der Waals surface area contributed by atoms with Crippen molar-refractivity contribution in [2.45, 2.75) is 25.3 Å². The van der Waals surface area contributed by atoms with E-state index < -0.39 is 0 Å². The van der Waals surface area contributed by atoms with Crippen LogP contribution in [0.15, 0.2) is 12.1 Å². The number of hydrogen-bond donors (Lipinski definition) is 2. The van der Waals surface area contributed by atoms with Crippen molar-refractivity contribution in [1.82, 2.24) is 15.3 Å². The number of rotatable bonds is 3. The van der Waals surface area contributed by atoms with Crippen LogP contribution in [0.25, 0.3) is 0 Å². The number of fused-ring (bicyclic) bond motifs is 1. The van der Waals surface area contributed by atoms with Crippen molar-refractivity contribution >= 4 is 23.2 Å². The predicted molar refractivity (Wildman–Crippen MR) is 90.7 cm³/mol. The van der Waals surface area contributed by atoms with Crippen LogP contribution in [0, 0.1) is 0 Å². The Balaban J connectivity index is 1.68. The van der Waals surface area contributed by atoms with E-state index in [1.54, 1.807) is 12.1 Å². The first-order chi connectivity index (χ1) is 11.1. The summed E-state index contributed by atoms with van der Waals surface area (Å²) in [6, 6.07) is 3.30. The lowest BCUT2D eigenvalue weighted by Gasteiger charge is -2.45. The van der Waals surface area contributed by atoms with Gasteiger partial charge in [0.2, 0.25) is 0 Å². The van der Waals surface area contributed by atoms with Crippen molar-refractivity contribution < 1.29 is 9.53 Å². The molecule has 0 radical (unpaired) electrons. The van der Waals surface area contributed by atoms with Gasteiger partial charge in [0.1, 0.15) is 5.75 Å². The molecule has 1 unspecified atom stereocenters. The number of hydrogen-bond acceptors (Lipinski definition) is 5. The molecular weight excluding hydrogens is 316 g/mol. The maximum Gasteiger partial charge on any atom is 0.255 e. The van der Waals surface area contributed by atoms with Gasteiger partial charge in [0, 0.05) is 38.3 Å². The van der Waals surface area contributed by atoms with Crippen LogP contribution in [0.1, 0.15) is 29.6 Å². The number of benzene rings is 1. The Kier molecular flexibility index (Phi) is 4.94. The number of amides is 1. The average Bonchev–Trinajstić information content (AvgIpc) is 2.56. The molecule has 2 aliphatic rings. The zero-order chi connectivity index (χ0) is 16.4. The van der Waals surface area contributed by atoms with Gasteiger partial charge in [-0.15, -0.1) is 0 Å². The number of ether oxygens (including phenoxy) is 1. The number of halogens is 1. The summed E-state index contributed by atoms with van der Waals surface area (Å²) >= 11 is 6.05. The summed E-state index contributed by atoms with van der Waals surface area (Å²) in [6.45, 7) is 4.05. The molecule has 1 atom stereocenters. The van der Waals surface area contributed by atoms with Crippen LogP contribution in [-0.2, 0) is 0 Å². The van der Waals surface area contributed by atoms with E-state index in [9.17, 15) is 4.79 Å². The fourth-order valence-corrected chi connectivity index (χ4v) is 3.44. The molecule has 2 fully saturated rings. The summed E-state index contributed by atoms with van der Waals surface area (Å²) in [5.41, 5.74) is 6.60. The molecule has 1 amide bonds. The van der Waals surface area contributed by atoms with Gasteiger partial charge in [-0.25, -0.2) is 10.0 Å². The molecule has 2 heterocycles. The zero-order valence-electron chi connectivity index (χ0n) is 13.3. The van der Waals surface area contributed by atoms with Crippen LogP contribution in [-0.4, -0.2) is 55.3 Å². The first-order valence-corrected chi connectivity index (χ1v) is 8.40. The van der Waals surface area contributed by atoms with Crippen LogP contribution in [0.4, 0.5) is 5.69 Å². The molecule has 1 aromatic rings. The number of nitrogens with zero attached hydrogens (tertiary/aromatic N) is 2. The summed E-state index contributed by atoms with van der Waals surface area (Å²) in [5.74, 6) is 0.277. The van der Waals surface area contributed by atoms with E-state index in [0.717, 1.165) is 32.6 Å². The van der Waals surface area contributed by atoms with Crippen LogP contribution in [0.5, 0.6) is 5.75 Å². The molecule has 1 aromatic carbocycles. The van der Waals surface area contributed by atoms with Gasteiger partial charge in [0.15, 0.2) is 0 Å². The van der Waals surface area contributed by atoms with Crippen molar-refractivity contribution in [1.29, 1.82) is 0 Å². The molecule has 6 nitrogen and oxygen atoms in total. The van der Waals surface area contributed by atoms with Gasteiger partial charge in [-0.1, -0.05) is 11.6 Å². The van der Waals surface area contributed by atoms with E-state index in [4.69, 9.17) is 22.1 Å². The zero-order valence-corrected chi connectivity index (χ0v) is 14.1. The van der Waals surface area contributed by atoms with Crippen LogP contribution in [0.2, 0.25) is 5.02 Å². The highest BCUT2D eigenvalue weighted by atomic mass is 35.5. The van der Waals surface area contributed by atoms with Gasteiger partial charge in [-0.3, -0.25) is 4.79 Å². The molecule has 0 saturated carbocycles. The number of carbonyl (C=O) groups excluding carboxylic acids is 1. The molecule has 0 aliphatic carbocycles. The van der Waals surface area contributed by atoms with E-state index in [2.05, 4.69) is 15.3 Å². The third-order valence-electron chi connectivity index (χ3n) is 4.55. The van der Waals surface area contributed by atoms with Crippen molar-refractivity contribution in [2.24, 2.45) is 0 Å². The molecule has 7 heteroatoms. The fourth-order valence-electron chi connectivity index (χ4n) is 3.28. The minimum absolute atomic E-state index is 0.137. The van der Waals surface area contributed by atoms with E-state index >= 15 is 0 Å². The molecule has 126 valence electrons.